The van der Waals surface area contributed by atoms with Crippen molar-refractivity contribution in [1.29, 1.82) is 0 Å². The molecule has 0 spiro atoms. The molecular weight excluding hydrogens is 410 g/mol. The first kappa shape index (κ1) is 21.0. The number of nitrogens with zero attached hydrogens (tertiary/aromatic N) is 1. The summed E-state index contributed by atoms with van der Waals surface area (Å²) in [6, 6.07) is 12.0. The van der Waals surface area contributed by atoms with E-state index in [1.165, 1.54) is 36.6 Å². The van der Waals surface area contributed by atoms with Crippen LogP contribution in [0, 0.1) is 13.8 Å². The molecule has 9 heteroatoms. The van der Waals surface area contributed by atoms with Crippen LogP contribution in [0.5, 0.6) is 5.75 Å². The quantitative estimate of drug-likeness (QED) is 0.622. The summed E-state index contributed by atoms with van der Waals surface area (Å²) in [4.78, 5) is 18.0. The topological polar surface area (TPSA) is 111 Å². The van der Waals surface area contributed by atoms with Crippen LogP contribution in [0.1, 0.15) is 15.4 Å². The summed E-state index contributed by atoms with van der Waals surface area (Å²) in [5, 5.41) is 8.75. The summed E-state index contributed by atoms with van der Waals surface area (Å²) in [7, 11) is -2.47. The van der Waals surface area contributed by atoms with E-state index < -0.39 is 10.0 Å². The number of primary sulfonamides is 1. The molecule has 0 aliphatic carbocycles. The van der Waals surface area contributed by atoms with Crippen molar-refractivity contribution < 1.29 is 17.9 Å². The van der Waals surface area contributed by atoms with Gasteiger partial charge in [0.1, 0.15) is 5.75 Å². The van der Waals surface area contributed by atoms with Crippen molar-refractivity contribution >= 4 is 33.0 Å². The minimum Gasteiger partial charge on any atom is -0.495 e. The van der Waals surface area contributed by atoms with Gasteiger partial charge in [0, 0.05) is 10.4 Å². The van der Waals surface area contributed by atoms with Crippen LogP contribution in [-0.4, -0.2) is 26.4 Å². The van der Waals surface area contributed by atoms with Crippen molar-refractivity contribution in [3.63, 3.8) is 0 Å². The van der Waals surface area contributed by atoms with Gasteiger partial charge < -0.3 is 10.1 Å². The standard InChI is InChI=1S/C20H21N3O4S2/c1-12-4-6-14(7-5-12)20-18(28-13(2)22-20)11-19(24)23-16-10-15(29(21,25)26)8-9-17(16)27-3/h4-10H,11H2,1-3H3,(H,23,24)(H2,21,25,26). The largest absolute Gasteiger partial charge is 0.495 e. The number of nitrogens with one attached hydrogen (secondary N) is 1. The van der Waals surface area contributed by atoms with Crippen molar-refractivity contribution in [1.82, 2.24) is 4.98 Å². The zero-order chi connectivity index (χ0) is 21.2. The van der Waals surface area contributed by atoms with E-state index in [2.05, 4.69) is 10.3 Å². The second kappa shape index (κ2) is 8.32. The molecule has 2 aromatic carbocycles. The Labute approximate surface area is 173 Å². The number of aryl methyl sites for hydroxylation is 2. The maximum atomic E-state index is 12.7. The van der Waals surface area contributed by atoms with Crippen LogP contribution in [0.3, 0.4) is 0 Å². The number of aromatic nitrogens is 1. The van der Waals surface area contributed by atoms with Gasteiger partial charge in [0.15, 0.2) is 0 Å². The maximum absolute atomic E-state index is 12.7. The van der Waals surface area contributed by atoms with Crippen molar-refractivity contribution in [3.8, 4) is 17.0 Å². The summed E-state index contributed by atoms with van der Waals surface area (Å²) in [6.45, 7) is 3.90. The fourth-order valence-corrected chi connectivity index (χ4v) is 4.32. The first-order valence-electron chi connectivity index (χ1n) is 8.71. The number of ether oxygens (including phenoxy) is 1. The van der Waals surface area contributed by atoms with E-state index in [0.29, 0.717) is 5.75 Å². The Kier molecular flexibility index (Phi) is 6.02. The van der Waals surface area contributed by atoms with Gasteiger partial charge in [-0.05, 0) is 32.0 Å². The summed E-state index contributed by atoms with van der Waals surface area (Å²) in [5.41, 5.74) is 3.09. The number of methoxy groups -OCH3 is 1. The number of hydrogen-bond acceptors (Lipinski definition) is 6. The molecule has 29 heavy (non-hydrogen) atoms. The zero-order valence-electron chi connectivity index (χ0n) is 16.2. The molecule has 3 N–H and O–H groups in total. The monoisotopic (exact) mass is 431 g/mol. The average molecular weight is 432 g/mol. The molecule has 3 aromatic rings. The lowest BCUT2D eigenvalue weighted by Gasteiger charge is -2.11. The summed E-state index contributed by atoms with van der Waals surface area (Å²) in [5.74, 6) is 0.0249. The Hall–Kier alpha value is -2.75. The van der Waals surface area contributed by atoms with Crippen LogP contribution < -0.4 is 15.2 Å². The minimum atomic E-state index is -3.90. The molecule has 0 unspecified atom stereocenters. The Balaban J connectivity index is 1.86. The SMILES string of the molecule is COc1ccc(S(N)(=O)=O)cc1NC(=O)Cc1sc(C)nc1-c1ccc(C)cc1. The van der Waals surface area contributed by atoms with Crippen LogP contribution in [-0.2, 0) is 21.2 Å². The number of carbonyl (C=O) groups is 1. The van der Waals surface area contributed by atoms with Crippen molar-refractivity contribution in [2.24, 2.45) is 5.14 Å². The first-order chi connectivity index (χ1) is 13.7. The minimum absolute atomic E-state index is 0.0947. The highest BCUT2D eigenvalue weighted by atomic mass is 32.2. The van der Waals surface area contributed by atoms with Gasteiger partial charge in [0.05, 0.1) is 34.8 Å². The van der Waals surface area contributed by atoms with E-state index in [4.69, 9.17) is 9.88 Å². The Morgan fingerprint density at radius 3 is 2.48 bits per heavy atom. The van der Waals surface area contributed by atoms with Gasteiger partial charge in [-0.2, -0.15) is 0 Å². The van der Waals surface area contributed by atoms with Gasteiger partial charge in [-0.25, -0.2) is 18.5 Å². The highest BCUT2D eigenvalue weighted by Gasteiger charge is 2.18. The molecular formula is C20H21N3O4S2. The number of amides is 1. The van der Waals surface area contributed by atoms with Crippen LogP contribution >= 0.6 is 11.3 Å². The van der Waals surface area contributed by atoms with E-state index in [0.717, 1.165) is 26.7 Å². The molecule has 1 heterocycles. The summed E-state index contributed by atoms with van der Waals surface area (Å²) in [6.07, 6.45) is 0.0947. The smallest absolute Gasteiger partial charge is 0.238 e. The molecule has 0 aliphatic rings. The molecule has 7 nitrogen and oxygen atoms in total. The van der Waals surface area contributed by atoms with Gasteiger partial charge in [0.25, 0.3) is 0 Å². The summed E-state index contributed by atoms with van der Waals surface area (Å²) >= 11 is 1.45. The number of hydrogen-bond donors (Lipinski definition) is 2. The van der Waals surface area contributed by atoms with E-state index >= 15 is 0 Å². The van der Waals surface area contributed by atoms with E-state index in [1.54, 1.807) is 0 Å². The fraction of sp³-hybridized carbons (Fsp3) is 0.200. The number of nitrogens with two attached hydrogens (primary N) is 1. The van der Waals surface area contributed by atoms with Crippen LogP contribution in [0.25, 0.3) is 11.3 Å². The van der Waals surface area contributed by atoms with Crippen molar-refractivity contribution in [2.75, 3.05) is 12.4 Å². The normalized spacial score (nSPS) is 11.3. The second-order valence-corrected chi connectivity index (χ2v) is 9.35. The fourth-order valence-electron chi connectivity index (χ4n) is 2.83. The third-order valence-corrected chi connectivity index (χ3v) is 6.11. The zero-order valence-corrected chi connectivity index (χ0v) is 17.9. The van der Waals surface area contributed by atoms with Crippen LogP contribution in [0.4, 0.5) is 5.69 Å². The first-order valence-corrected chi connectivity index (χ1v) is 11.1. The predicted octanol–water partition coefficient (Wildman–Crippen LogP) is 3.26. The van der Waals surface area contributed by atoms with Crippen LogP contribution in [0.15, 0.2) is 47.4 Å². The third-order valence-electron chi connectivity index (χ3n) is 4.22. The van der Waals surface area contributed by atoms with Crippen molar-refractivity contribution in [2.45, 2.75) is 25.2 Å². The number of rotatable bonds is 6. The number of benzene rings is 2. The molecule has 0 aliphatic heterocycles. The highest BCUT2D eigenvalue weighted by Crippen LogP contribution is 2.30. The number of sulfonamides is 1. The Bertz CT molecular complexity index is 1150. The van der Waals surface area contributed by atoms with E-state index in [-0.39, 0.29) is 22.9 Å². The van der Waals surface area contributed by atoms with Gasteiger partial charge >= 0.3 is 0 Å². The number of thiazole rings is 1. The predicted molar refractivity (Wildman–Crippen MR) is 114 cm³/mol. The van der Waals surface area contributed by atoms with E-state index in [9.17, 15) is 13.2 Å². The summed E-state index contributed by atoms with van der Waals surface area (Å²) < 4.78 is 28.4. The Morgan fingerprint density at radius 2 is 1.86 bits per heavy atom. The second-order valence-electron chi connectivity index (χ2n) is 6.50. The highest BCUT2D eigenvalue weighted by molar-refractivity contribution is 7.89. The van der Waals surface area contributed by atoms with Crippen molar-refractivity contribution in [3.05, 3.63) is 57.9 Å². The molecule has 0 saturated heterocycles. The third kappa shape index (κ3) is 5.00. The molecule has 0 fully saturated rings. The van der Waals surface area contributed by atoms with Crippen LogP contribution in [0.2, 0.25) is 0 Å². The number of anilines is 1. The molecule has 3 rings (SSSR count). The molecule has 1 aromatic heterocycles. The molecule has 0 atom stereocenters. The lowest BCUT2D eigenvalue weighted by atomic mass is 10.1. The molecule has 1 amide bonds. The maximum Gasteiger partial charge on any atom is 0.238 e. The van der Waals surface area contributed by atoms with Gasteiger partial charge in [-0.3, -0.25) is 4.79 Å². The van der Waals surface area contributed by atoms with Gasteiger partial charge in [0.2, 0.25) is 15.9 Å². The van der Waals surface area contributed by atoms with E-state index in [1.807, 2.05) is 38.1 Å². The average Bonchev–Trinajstić information content (AvgIpc) is 3.01. The van der Waals surface area contributed by atoms with Gasteiger partial charge in [-0.15, -0.1) is 11.3 Å². The lowest BCUT2D eigenvalue weighted by Crippen LogP contribution is -2.17. The lowest BCUT2D eigenvalue weighted by molar-refractivity contribution is -0.115. The molecule has 152 valence electrons. The Morgan fingerprint density at radius 1 is 1.17 bits per heavy atom. The number of carbonyl (C=O) groups excluding carboxylic acids is 1. The van der Waals surface area contributed by atoms with Gasteiger partial charge in [-0.1, -0.05) is 29.8 Å². The molecule has 0 radical (unpaired) electrons. The molecule has 0 bridgehead atoms. The molecule has 0 saturated carbocycles.